The van der Waals surface area contributed by atoms with Crippen molar-refractivity contribution in [2.24, 2.45) is 0 Å². The van der Waals surface area contributed by atoms with Gasteiger partial charge in [0.25, 0.3) is 0 Å². The van der Waals surface area contributed by atoms with Gasteiger partial charge in [-0.2, -0.15) is 0 Å². The first-order valence-electron chi connectivity index (χ1n) is 4.46. The summed E-state index contributed by atoms with van der Waals surface area (Å²) in [5, 5.41) is 0. The molecule has 0 bridgehead atoms. The summed E-state index contributed by atoms with van der Waals surface area (Å²) in [6.45, 7) is 1.01. The second-order valence-corrected chi connectivity index (χ2v) is 5.58. The summed E-state index contributed by atoms with van der Waals surface area (Å²) in [6, 6.07) is 9.76. The van der Waals surface area contributed by atoms with Crippen LogP contribution in [-0.4, -0.2) is 22.8 Å². The van der Waals surface area contributed by atoms with Crippen LogP contribution in [0.1, 0.15) is 0 Å². The van der Waals surface area contributed by atoms with E-state index in [2.05, 4.69) is 0 Å². The molecule has 1 aromatic carbocycles. The van der Waals surface area contributed by atoms with Crippen LogP contribution in [0.4, 0.5) is 5.69 Å². The van der Waals surface area contributed by atoms with Gasteiger partial charge in [0.15, 0.2) is 0 Å². The first kappa shape index (κ1) is 13.2. The minimum Gasteiger partial charge on any atom is -0.366 e. The Hall–Kier alpha value is 0.180. The molecule has 0 aliphatic rings. The summed E-state index contributed by atoms with van der Waals surface area (Å²) in [7, 11) is 0. The zero-order chi connectivity index (χ0) is 11.3. The Bertz CT molecular complexity index is 266. The number of hydrogen-bond donors (Lipinski definition) is 0. The molecule has 15 heavy (non-hydrogen) atoms. The van der Waals surface area contributed by atoms with Gasteiger partial charge in [0.05, 0.1) is 0 Å². The van der Waals surface area contributed by atoms with Crippen LogP contribution in [0.5, 0.6) is 0 Å². The second kappa shape index (κ2) is 6.70. The Morgan fingerprint density at radius 1 is 0.867 bits per heavy atom. The predicted octanol–water partition coefficient (Wildman–Crippen LogP) is 4.10. The lowest BCUT2D eigenvalue weighted by Gasteiger charge is -2.25. The lowest BCUT2D eigenvalue weighted by Crippen LogP contribution is -2.32. The van der Waals surface area contributed by atoms with Crippen molar-refractivity contribution < 1.29 is 0 Å². The first-order valence-corrected chi connectivity index (χ1v) is 6.20. The van der Waals surface area contributed by atoms with Crippen molar-refractivity contribution >= 4 is 52.1 Å². The third-order valence-electron chi connectivity index (χ3n) is 1.84. The molecule has 0 N–H and O–H groups in total. The molecule has 0 fully saturated rings. The molecule has 0 spiro atoms. The van der Waals surface area contributed by atoms with E-state index in [0.29, 0.717) is 13.1 Å². The Labute approximate surface area is 110 Å². The summed E-state index contributed by atoms with van der Waals surface area (Å²) in [6.07, 6.45) is 0. The van der Waals surface area contributed by atoms with E-state index in [1.165, 1.54) is 0 Å². The van der Waals surface area contributed by atoms with E-state index < -0.39 is 9.67 Å². The van der Waals surface area contributed by atoms with Crippen molar-refractivity contribution in [1.82, 2.24) is 0 Å². The minimum absolute atomic E-state index is 0.461. The van der Waals surface area contributed by atoms with Crippen LogP contribution in [0.25, 0.3) is 0 Å². The number of anilines is 1. The quantitative estimate of drug-likeness (QED) is 0.737. The number of rotatable bonds is 5. The summed E-state index contributed by atoms with van der Waals surface area (Å²) < 4.78 is 0. The van der Waals surface area contributed by atoms with Gasteiger partial charge in [-0.3, -0.25) is 0 Å². The monoisotopic (exact) mass is 285 g/mol. The minimum atomic E-state index is -0.461. The fraction of sp³-hybridized carbons (Fsp3) is 0.400. The third-order valence-corrected chi connectivity index (χ3v) is 2.39. The number of alkyl halides is 4. The zero-order valence-electron chi connectivity index (χ0n) is 7.91. The summed E-state index contributed by atoms with van der Waals surface area (Å²) in [5.41, 5.74) is 1.01. The molecule has 0 unspecified atom stereocenters. The SMILES string of the molecule is ClC(Cl)CN(CC(Cl)Cl)c1ccccc1. The van der Waals surface area contributed by atoms with Gasteiger partial charge in [-0.15, -0.1) is 46.4 Å². The number of benzene rings is 1. The van der Waals surface area contributed by atoms with Gasteiger partial charge in [-0.05, 0) is 12.1 Å². The Balaban J connectivity index is 2.72. The van der Waals surface area contributed by atoms with Crippen molar-refractivity contribution in [3.63, 3.8) is 0 Å². The maximum absolute atomic E-state index is 5.74. The van der Waals surface area contributed by atoms with Crippen LogP contribution in [0.15, 0.2) is 30.3 Å². The third kappa shape index (κ3) is 5.17. The van der Waals surface area contributed by atoms with Crippen molar-refractivity contribution in [1.29, 1.82) is 0 Å². The van der Waals surface area contributed by atoms with Gasteiger partial charge in [0, 0.05) is 18.8 Å². The van der Waals surface area contributed by atoms with Gasteiger partial charge >= 0.3 is 0 Å². The predicted molar refractivity (Wildman–Crippen MR) is 69.6 cm³/mol. The molecule has 0 heterocycles. The van der Waals surface area contributed by atoms with E-state index in [9.17, 15) is 0 Å². The highest BCUT2D eigenvalue weighted by atomic mass is 35.5. The molecule has 1 aromatic rings. The van der Waals surface area contributed by atoms with Crippen LogP contribution >= 0.6 is 46.4 Å². The highest BCUT2D eigenvalue weighted by Crippen LogP contribution is 2.18. The van der Waals surface area contributed by atoms with Crippen molar-refractivity contribution in [3.8, 4) is 0 Å². The van der Waals surface area contributed by atoms with E-state index in [1.54, 1.807) is 0 Å². The van der Waals surface area contributed by atoms with E-state index >= 15 is 0 Å². The maximum Gasteiger partial charge on any atom is 0.125 e. The molecule has 1 rings (SSSR count). The highest BCUT2D eigenvalue weighted by molar-refractivity contribution is 6.45. The lowest BCUT2D eigenvalue weighted by atomic mass is 10.3. The van der Waals surface area contributed by atoms with Gasteiger partial charge in [0.1, 0.15) is 9.67 Å². The average Bonchev–Trinajstić information content (AvgIpc) is 2.17. The van der Waals surface area contributed by atoms with Crippen LogP contribution in [0.3, 0.4) is 0 Å². The number of halogens is 4. The molecule has 0 radical (unpaired) electrons. The number of hydrogen-bond acceptors (Lipinski definition) is 1. The van der Waals surface area contributed by atoms with Crippen LogP contribution in [0, 0.1) is 0 Å². The van der Waals surface area contributed by atoms with Gasteiger partial charge in [-0.1, -0.05) is 18.2 Å². The first-order chi connectivity index (χ1) is 7.09. The standard InChI is InChI=1S/C10H11Cl4N/c11-9(12)6-15(7-10(13)14)8-4-2-1-3-5-8/h1-5,9-10H,6-7H2. The van der Waals surface area contributed by atoms with Crippen molar-refractivity contribution in [2.45, 2.75) is 9.67 Å². The molecule has 0 aromatic heterocycles. The van der Waals surface area contributed by atoms with Crippen molar-refractivity contribution in [3.05, 3.63) is 30.3 Å². The molecule has 5 heteroatoms. The molecular formula is C10H11Cl4N. The molecule has 0 saturated carbocycles. The second-order valence-electron chi connectivity index (χ2n) is 3.02. The average molecular weight is 287 g/mol. The van der Waals surface area contributed by atoms with Gasteiger partial charge in [-0.25, -0.2) is 0 Å². The van der Waals surface area contributed by atoms with E-state index in [1.807, 2.05) is 35.2 Å². The molecule has 1 nitrogen and oxygen atoms in total. The molecule has 0 aliphatic heterocycles. The maximum atomic E-state index is 5.74. The fourth-order valence-electron chi connectivity index (χ4n) is 1.26. The van der Waals surface area contributed by atoms with Gasteiger partial charge < -0.3 is 4.90 Å². The number of para-hydroxylation sites is 1. The van der Waals surface area contributed by atoms with Gasteiger partial charge in [0.2, 0.25) is 0 Å². The normalized spacial score (nSPS) is 11.1. The lowest BCUT2D eigenvalue weighted by molar-refractivity contribution is 0.837. The molecule has 84 valence electrons. The Kier molecular flexibility index (Phi) is 5.91. The Morgan fingerprint density at radius 2 is 1.33 bits per heavy atom. The molecular weight excluding hydrogens is 276 g/mol. The van der Waals surface area contributed by atoms with Crippen molar-refractivity contribution in [2.75, 3.05) is 18.0 Å². The highest BCUT2D eigenvalue weighted by Gasteiger charge is 2.13. The summed E-state index contributed by atoms with van der Waals surface area (Å²) >= 11 is 23.0. The topological polar surface area (TPSA) is 3.24 Å². The molecule has 0 atom stereocenters. The number of nitrogens with zero attached hydrogens (tertiary/aromatic N) is 1. The van der Waals surface area contributed by atoms with E-state index in [0.717, 1.165) is 5.69 Å². The van der Waals surface area contributed by atoms with Crippen LogP contribution < -0.4 is 4.90 Å². The summed E-state index contributed by atoms with van der Waals surface area (Å²) in [5.74, 6) is 0. The molecule has 0 aliphatic carbocycles. The van der Waals surface area contributed by atoms with Crippen LogP contribution in [-0.2, 0) is 0 Å². The smallest absolute Gasteiger partial charge is 0.125 e. The largest absolute Gasteiger partial charge is 0.366 e. The van der Waals surface area contributed by atoms with E-state index in [4.69, 9.17) is 46.4 Å². The van der Waals surface area contributed by atoms with E-state index in [-0.39, 0.29) is 0 Å². The fourth-order valence-corrected chi connectivity index (χ4v) is 1.92. The Morgan fingerprint density at radius 3 is 1.73 bits per heavy atom. The molecule has 0 amide bonds. The zero-order valence-corrected chi connectivity index (χ0v) is 10.9. The summed E-state index contributed by atoms with van der Waals surface area (Å²) in [4.78, 5) is 1.03. The molecule has 0 saturated heterocycles. The van der Waals surface area contributed by atoms with Crippen LogP contribution in [0.2, 0.25) is 0 Å².